The number of nitrogens with zero attached hydrogens (tertiary/aromatic N) is 2. The molecule has 0 spiro atoms. The average molecular weight is 419 g/mol. The molecule has 2 aromatic carbocycles. The van der Waals surface area contributed by atoms with E-state index in [9.17, 15) is 14.7 Å². The smallest absolute Gasteiger partial charge is 0.335 e. The van der Waals surface area contributed by atoms with Gasteiger partial charge in [0.25, 0.3) is 0 Å². The molecule has 0 amide bonds. The van der Waals surface area contributed by atoms with Gasteiger partial charge in [-0.2, -0.15) is 0 Å². The topological polar surface area (TPSA) is 81.1 Å². The fourth-order valence-electron chi connectivity index (χ4n) is 2.83. The number of rotatable bonds is 8. The first-order valence-corrected chi connectivity index (χ1v) is 8.87. The average Bonchev–Trinajstić information content (AvgIpc) is 2.62. The number of carboxylic acids is 1. The van der Waals surface area contributed by atoms with Crippen molar-refractivity contribution in [1.29, 1.82) is 0 Å². The van der Waals surface area contributed by atoms with Crippen LogP contribution >= 0.6 is 12.4 Å². The molecule has 0 saturated carbocycles. The lowest BCUT2D eigenvalue weighted by Crippen LogP contribution is -2.15. The van der Waals surface area contributed by atoms with Crippen molar-refractivity contribution in [3.05, 3.63) is 70.3 Å². The number of carboxylic acid groups (broad SMARTS) is 1. The second-order valence-electron chi connectivity index (χ2n) is 7.24. The van der Waals surface area contributed by atoms with E-state index in [1.165, 1.54) is 18.2 Å². The molecule has 2 N–H and O–H groups in total. The number of hydrogen-bond acceptors (Lipinski definition) is 5. The summed E-state index contributed by atoms with van der Waals surface area (Å²) in [5.41, 5.74) is 2.84. The van der Waals surface area contributed by atoms with Crippen molar-refractivity contribution in [2.24, 2.45) is 0 Å². The molecule has 2 aromatic rings. The quantitative estimate of drug-likeness (QED) is 0.504. The summed E-state index contributed by atoms with van der Waals surface area (Å²) in [6.45, 7) is 1.04. The Morgan fingerprint density at radius 3 is 1.79 bits per heavy atom. The van der Waals surface area contributed by atoms with E-state index in [1.54, 1.807) is 30.3 Å². The first-order chi connectivity index (χ1) is 13.2. The number of phenolic OH excluding ortho intramolecular Hbond substituents is 1. The van der Waals surface area contributed by atoms with Crippen LogP contribution < -0.4 is 0 Å². The molecular formula is C22H27ClN2O4. The third-order valence-electron chi connectivity index (χ3n) is 4.11. The highest BCUT2D eigenvalue weighted by Gasteiger charge is 2.14. The van der Waals surface area contributed by atoms with Crippen LogP contribution in [0.1, 0.15) is 37.4 Å². The first-order valence-electron chi connectivity index (χ1n) is 8.87. The van der Waals surface area contributed by atoms with Gasteiger partial charge in [-0.25, -0.2) is 4.79 Å². The monoisotopic (exact) mass is 418 g/mol. The Bertz CT molecular complexity index is 859. The molecule has 0 radical (unpaired) electrons. The number of hydrogen-bond donors (Lipinski definition) is 2. The Morgan fingerprint density at radius 2 is 1.38 bits per heavy atom. The summed E-state index contributed by atoms with van der Waals surface area (Å²) in [7, 11) is 7.61. The van der Waals surface area contributed by atoms with Crippen LogP contribution in [0.3, 0.4) is 0 Å². The zero-order valence-corrected chi connectivity index (χ0v) is 17.9. The van der Waals surface area contributed by atoms with E-state index in [-0.39, 0.29) is 29.5 Å². The molecule has 0 aliphatic carbocycles. The van der Waals surface area contributed by atoms with Gasteiger partial charge < -0.3 is 20.0 Å². The molecule has 0 atom stereocenters. The van der Waals surface area contributed by atoms with Crippen LogP contribution in [-0.2, 0) is 13.1 Å². The molecule has 0 saturated heterocycles. The van der Waals surface area contributed by atoms with Crippen molar-refractivity contribution >= 4 is 30.2 Å². The van der Waals surface area contributed by atoms with Gasteiger partial charge in [-0.15, -0.1) is 12.4 Å². The van der Waals surface area contributed by atoms with Crippen LogP contribution in [0.25, 0.3) is 6.08 Å². The third kappa shape index (κ3) is 7.02. The van der Waals surface area contributed by atoms with Crippen LogP contribution in [0.2, 0.25) is 0 Å². The molecule has 29 heavy (non-hydrogen) atoms. The normalized spacial score (nSPS) is 11.1. The Hall–Kier alpha value is -2.67. The molecule has 0 heterocycles. The molecule has 0 aromatic heterocycles. The SMILES string of the molecule is CN(C)Cc1cc(C(=O)/C=C/c2ccc(C(=O)O)cc2)cc(CN(C)C)c1O.Cl. The summed E-state index contributed by atoms with van der Waals surface area (Å²) in [6, 6.07) is 9.73. The van der Waals surface area contributed by atoms with Crippen molar-refractivity contribution in [3.8, 4) is 5.75 Å². The number of carbonyl (C=O) groups excluding carboxylic acids is 1. The number of benzene rings is 2. The minimum absolute atomic E-state index is 0. The molecule has 7 heteroatoms. The van der Waals surface area contributed by atoms with Crippen molar-refractivity contribution in [1.82, 2.24) is 9.80 Å². The Morgan fingerprint density at radius 1 is 0.897 bits per heavy atom. The van der Waals surface area contributed by atoms with E-state index in [4.69, 9.17) is 5.11 Å². The lowest BCUT2D eigenvalue weighted by atomic mass is 9.99. The molecule has 2 rings (SSSR count). The second-order valence-corrected chi connectivity index (χ2v) is 7.24. The lowest BCUT2D eigenvalue weighted by Gasteiger charge is -2.17. The van der Waals surface area contributed by atoms with E-state index in [0.717, 1.165) is 5.56 Å². The maximum atomic E-state index is 12.7. The Labute approximate surface area is 177 Å². The fraction of sp³-hybridized carbons (Fsp3) is 0.273. The predicted octanol–water partition coefficient (Wildman–Crippen LogP) is 3.53. The largest absolute Gasteiger partial charge is 0.507 e. The number of carbonyl (C=O) groups is 2. The maximum absolute atomic E-state index is 12.7. The molecule has 6 nitrogen and oxygen atoms in total. The Balaban J connectivity index is 0.00000420. The van der Waals surface area contributed by atoms with E-state index in [2.05, 4.69) is 0 Å². The van der Waals surface area contributed by atoms with Gasteiger partial charge in [-0.3, -0.25) is 4.79 Å². The molecule has 0 bridgehead atoms. The van der Waals surface area contributed by atoms with Gasteiger partial charge >= 0.3 is 5.97 Å². The zero-order valence-electron chi connectivity index (χ0n) is 17.0. The number of ketones is 1. The van der Waals surface area contributed by atoms with Crippen LogP contribution in [0.5, 0.6) is 5.75 Å². The van der Waals surface area contributed by atoms with Gasteiger partial charge in [-0.05, 0) is 64.1 Å². The van der Waals surface area contributed by atoms with Gasteiger partial charge in [0.2, 0.25) is 0 Å². The van der Waals surface area contributed by atoms with Crippen LogP contribution in [-0.4, -0.2) is 60.0 Å². The number of allylic oxidation sites excluding steroid dienone is 1. The zero-order chi connectivity index (χ0) is 20.8. The minimum atomic E-state index is -0.988. The fourth-order valence-corrected chi connectivity index (χ4v) is 2.83. The lowest BCUT2D eigenvalue weighted by molar-refractivity contribution is 0.0696. The van der Waals surface area contributed by atoms with Gasteiger partial charge in [0, 0.05) is 29.8 Å². The minimum Gasteiger partial charge on any atom is -0.507 e. The molecule has 0 aliphatic heterocycles. The first kappa shape index (κ1) is 24.4. The number of aromatic carboxylic acids is 1. The number of aromatic hydroxyl groups is 1. The summed E-state index contributed by atoms with van der Waals surface area (Å²) in [5.74, 6) is -0.952. The predicted molar refractivity (Wildman–Crippen MR) is 117 cm³/mol. The summed E-state index contributed by atoms with van der Waals surface area (Å²) in [6.07, 6.45) is 3.11. The van der Waals surface area contributed by atoms with E-state index in [1.807, 2.05) is 38.0 Å². The third-order valence-corrected chi connectivity index (χ3v) is 4.11. The second kappa shape index (κ2) is 10.8. The van der Waals surface area contributed by atoms with Gasteiger partial charge in [-0.1, -0.05) is 18.2 Å². The highest BCUT2D eigenvalue weighted by Crippen LogP contribution is 2.27. The summed E-state index contributed by atoms with van der Waals surface area (Å²) < 4.78 is 0. The van der Waals surface area contributed by atoms with E-state index < -0.39 is 5.97 Å². The van der Waals surface area contributed by atoms with Crippen molar-refractivity contribution < 1.29 is 19.8 Å². The highest BCUT2D eigenvalue weighted by molar-refractivity contribution is 6.07. The van der Waals surface area contributed by atoms with Gasteiger partial charge in [0.15, 0.2) is 5.78 Å². The van der Waals surface area contributed by atoms with Crippen molar-refractivity contribution in [2.75, 3.05) is 28.2 Å². The van der Waals surface area contributed by atoms with E-state index in [0.29, 0.717) is 29.8 Å². The van der Waals surface area contributed by atoms with Crippen LogP contribution in [0.4, 0.5) is 0 Å². The molecular weight excluding hydrogens is 392 g/mol. The van der Waals surface area contributed by atoms with E-state index >= 15 is 0 Å². The summed E-state index contributed by atoms with van der Waals surface area (Å²) >= 11 is 0. The molecule has 0 aliphatic rings. The van der Waals surface area contributed by atoms with Gasteiger partial charge in [0.05, 0.1) is 5.56 Å². The molecule has 0 unspecified atom stereocenters. The van der Waals surface area contributed by atoms with Crippen LogP contribution in [0, 0.1) is 0 Å². The highest BCUT2D eigenvalue weighted by atomic mass is 35.5. The van der Waals surface area contributed by atoms with Crippen molar-refractivity contribution in [3.63, 3.8) is 0 Å². The standard InChI is InChI=1S/C22H26N2O4.ClH/c1-23(2)13-18-11-17(12-19(21(18)26)14-24(3)4)20(25)10-7-15-5-8-16(9-6-15)22(27)28;/h5-12,26H,13-14H2,1-4H3,(H,27,28);1H/b10-7+;. The molecule has 0 fully saturated rings. The number of halogens is 1. The maximum Gasteiger partial charge on any atom is 0.335 e. The molecule has 156 valence electrons. The van der Waals surface area contributed by atoms with Crippen LogP contribution in [0.15, 0.2) is 42.5 Å². The van der Waals surface area contributed by atoms with Gasteiger partial charge in [0.1, 0.15) is 5.75 Å². The van der Waals surface area contributed by atoms with Crippen molar-refractivity contribution in [2.45, 2.75) is 13.1 Å². The Kier molecular flexibility index (Phi) is 9.04. The summed E-state index contributed by atoms with van der Waals surface area (Å²) in [5, 5.41) is 19.5. The summed E-state index contributed by atoms with van der Waals surface area (Å²) in [4.78, 5) is 27.5. The number of phenols is 1.